The Bertz CT molecular complexity index is 1060. The lowest BCUT2D eigenvalue weighted by molar-refractivity contribution is -0.143. The quantitative estimate of drug-likeness (QED) is 0.659. The zero-order chi connectivity index (χ0) is 18.8. The Labute approximate surface area is 154 Å². The highest BCUT2D eigenvalue weighted by Crippen LogP contribution is 2.22. The van der Waals surface area contributed by atoms with Crippen molar-refractivity contribution in [3.63, 3.8) is 0 Å². The Morgan fingerprint density at radius 3 is 2.65 bits per heavy atom. The van der Waals surface area contributed by atoms with E-state index in [1.165, 1.54) is 16.0 Å². The summed E-state index contributed by atoms with van der Waals surface area (Å²) in [6, 6.07) is 5.67. The number of carbonyl (C=O) groups is 2. The maximum absolute atomic E-state index is 12.5. The number of rotatable bonds is 4. The van der Waals surface area contributed by atoms with E-state index in [1.54, 1.807) is 30.8 Å². The summed E-state index contributed by atoms with van der Waals surface area (Å²) < 4.78 is 9.25. The first kappa shape index (κ1) is 18.1. The van der Waals surface area contributed by atoms with Gasteiger partial charge in [-0.3, -0.25) is 14.3 Å². The lowest BCUT2D eigenvalue weighted by Gasteiger charge is -2.06. The molecule has 3 aromatic rings. The highest BCUT2D eigenvalue weighted by Gasteiger charge is 2.15. The number of aromatic nitrogens is 3. The van der Waals surface area contributed by atoms with Gasteiger partial charge in [-0.25, -0.2) is 0 Å². The molecular formula is C18H20N4O3S. The summed E-state index contributed by atoms with van der Waals surface area (Å²) in [5.41, 5.74) is 3.50. The van der Waals surface area contributed by atoms with Gasteiger partial charge >= 0.3 is 5.97 Å². The van der Waals surface area contributed by atoms with Gasteiger partial charge in [0.2, 0.25) is 0 Å². The molecule has 26 heavy (non-hydrogen) atoms. The molecule has 1 aromatic carbocycles. The number of thiazole rings is 1. The van der Waals surface area contributed by atoms with Crippen LogP contribution in [0.2, 0.25) is 0 Å². The summed E-state index contributed by atoms with van der Waals surface area (Å²) in [6.07, 6.45) is 1.55. The van der Waals surface area contributed by atoms with E-state index in [1.807, 2.05) is 26.0 Å². The minimum Gasteiger partial charge on any atom is -0.465 e. The second-order valence-electron chi connectivity index (χ2n) is 5.94. The van der Waals surface area contributed by atoms with Crippen LogP contribution in [-0.4, -0.2) is 32.8 Å². The molecule has 0 aliphatic carbocycles. The van der Waals surface area contributed by atoms with Crippen molar-refractivity contribution in [2.75, 3.05) is 6.61 Å². The average molecular weight is 372 g/mol. The van der Waals surface area contributed by atoms with Gasteiger partial charge in [0.05, 0.1) is 16.8 Å². The smallest absolute Gasteiger partial charge is 0.326 e. The van der Waals surface area contributed by atoms with Crippen LogP contribution in [0.1, 0.15) is 28.5 Å². The number of fused-ring (bicyclic) bond motifs is 1. The Kier molecular flexibility index (Phi) is 5.03. The van der Waals surface area contributed by atoms with Crippen LogP contribution >= 0.6 is 11.3 Å². The van der Waals surface area contributed by atoms with Crippen LogP contribution in [0.4, 0.5) is 0 Å². The molecule has 0 aliphatic heterocycles. The molecule has 0 radical (unpaired) electrons. The topological polar surface area (TPSA) is 78.5 Å². The maximum atomic E-state index is 12.5. The van der Waals surface area contributed by atoms with Crippen molar-refractivity contribution in [1.82, 2.24) is 14.3 Å². The maximum Gasteiger partial charge on any atom is 0.326 e. The van der Waals surface area contributed by atoms with Gasteiger partial charge in [-0.1, -0.05) is 11.3 Å². The fourth-order valence-corrected chi connectivity index (χ4v) is 3.73. The van der Waals surface area contributed by atoms with Crippen molar-refractivity contribution in [3.05, 3.63) is 46.0 Å². The van der Waals surface area contributed by atoms with Crippen molar-refractivity contribution in [2.45, 2.75) is 27.3 Å². The predicted molar refractivity (Wildman–Crippen MR) is 99.0 cm³/mol. The number of ether oxygens (including phenoxy) is 1. The molecule has 0 atom stereocenters. The zero-order valence-electron chi connectivity index (χ0n) is 15.1. The van der Waals surface area contributed by atoms with Crippen molar-refractivity contribution in [2.24, 2.45) is 12.0 Å². The number of aryl methyl sites for hydroxylation is 3. The molecule has 0 aliphatic rings. The van der Waals surface area contributed by atoms with Crippen LogP contribution in [0, 0.1) is 13.8 Å². The molecule has 2 heterocycles. The largest absolute Gasteiger partial charge is 0.465 e. The predicted octanol–water partition coefficient (Wildman–Crippen LogP) is 2.36. The van der Waals surface area contributed by atoms with Crippen molar-refractivity contribution in [1.29, 1.82) is 0 Å². The van der Waals surface area contributed by atoms with Crippen LogP contribution < -0.4 is 4.80 Å². The van der Waals surface area contributed by atoms with Gasteiger partial charge in [0.15, 0.2) is 4.80 Å². The molecule has 3 rings (SSSR count). The molecule has 0 bridgehead atoms. The van der Waals surface area contributed by atoms with Gasteiger partial charge < -0.3 is 9.30 Å². The fourth-order valence-electron chi connectivity index (χ4n) is 2.62. The standard InChI is InChI=1S/C18H20N4O3S/c1-5-25-16(23)10-22-14-8-11(2)12(3)9-15(14)26-18(22)20-17(24)13-6-7-19-21(13)4/h6-9H,5,10H2,1-4H3. The van der Waals surface area contributed by atoms with Gasteiger partial charge in [-0.2, -0.15) is 10.1 Å². The molecule has 2 aromatic heterocycles. The van der Waals surface area contributed by atoms with E-state index < -0.39 is 5.91 Å². The van der Waals surface area contributed by atoms with E-state index in [-0.39, 0.29) is 12.5 Å². The molecule has 0 saturated heterocycles. The van der Waals surface area contributed by atoms with Gasteiger partial charge in [0.25, 0.3) is 5.91 Å². The first-order valence-corrected chi connectivity index (χ1v) is 9.05. The first-order valence-electron chi connectivity index (χ1n) is 8.24. The molecule has 0 spiro atoms. The van der Waals surface area contributed by atoms with E-state index in [9.17, 15) is 9.59 Å². The molecule has 0 fully saturated rings. The Balaban J connectivity index is 2.16. The SMILES string of the molecule is CCOC(=O)Cn1c(=NC(=O)c2ccnn2C)sc2cc(C)c(C)cc21. The normalized spacial score (nSPS) is 11.9. The Morgan fingerprint density at radius 2 is 2.00 bits per heavy atom. The fraction of sp³-hybridized carbons (Fsp3) is 0.333. The number of amides is 1. The molecule has 136 valence electrons. The summed E-state index contributed by atoms with van der Waals surface area (Å²) >= 11 is 1.38. The van der Waals surface area contributed by atoms with Crippen LogP contribution in [-0.2, 0) is 23.1 Å². The first-order chi connectivity index (χ1) is 12.4. The third-order valence-electron chi connectivity index (χ3n) is 4.13. The summed E-state index contributed by atoms with van der Waals surface area (Å²) in [7, 11) is 1.69. The van der Waals surface area contributed by atoms with Gasteiger partial charge in [-0.05, 0) is 50.1 Å². The number of benzene rings is 1. The van der Waals surface area contributed by atoms with Gasteiger partial charge in [0.1, 0.15) is 12.2 Å². The second kappa shape index (κ2) is 7.25. The summed E-state index contributed by atoms with van der Waals surface area (Å²) in [5, 5.41) is 4.00. The molecule has 8 heteroatoms. The van der Waals surface area contributed by atoms with Crippen LogP contribution in [0.3, 0.4) is 0 Å². The van der Waals surface area contributed by atoms with E-state index in [4.69, 9.17) is 4.74 Å². The lowest BCUT2D eigenvalue weighted by Crippen LogP contribution is -2.23. The van der Waals surface area contributed by atoms with Crippen molar-refractivity contribution in [3.8, 4) is 0 Å². The second-order valence-corrected chi connectivity index (χ2v) is 6.95. The number of esters is 1. The third-order valence-corrected chi connectivity index (χ3v) is 5.17. The highest BCUT2D eigenvalue weighted by molar-refractivity contribution is 7.16. The molecule has 0 unspecified atom stereocenters. The zero-order valence-corrected chi connectivity index (χ0v) is 16.0. The van der Waals surface area contributed by atoms with E-state index in [0.29, 0.717) is 17.1 Å². The monoisotopic (exact) mass is 372 g/mol. The summed E-state index contributed by atoms with van der Waals surface area (Å²) in [5.74, 6) is -0.762. The molecular weight excluding hydrogens is 352 g/mol. The van der Waals surface area contributed by atoms with Crippen LogP contribution in [0.25, 0.3) is 10.2 Å². The number of hydrogen-bond donors (Lipinski definition) is 0. The van der Waals surface area contributed by atoms with Crippen molar-refractivity contribution < 1.29 is 14.3 Å². The van der Waals surface area contributed by atoms with Crippen LogP contribution in [0.5, 0.6) is 0 Å². The van der Waals surface area contributed by atoms with Gasteiger partial charge in [0, 0.05) is 13.2 Å². The van der Waals surface area contributed by atoms with Gasteiger partial charge in [-0.15, -0.1) is 0 Å². The van der Waals surface area contributed by atoms with E-state index in [2.05, 4.69) is 10.1 Å². The number of nitrogens with zero attached hydrogens (tertiary/aromatic N) is 4. The summed E-state index contributed by atoms with van der Waals surface area (Å²) in [6.45, 7) is 6.12. The number of carbonyl (C=O) groups excluding carboxylic acids is 2. The number of hydrogen-bond acceptors (Lipinski definition) is 5. The lowest BCUT2D eigenvalue weighted by atomic mass is 10.1. The minimum absolute atomic E-state index is 0.00778. The molecule has 0 N–H and O–H groups in total. The highest BCUT2D eigenvalue weighted by atomic mass is 32.1. The molecule has 1 amide bonds. The van der Waals surface area contributed by atoms with Crippen molar-refractivity contribution >= 4 is 33.4 Å². The minimum atomic E-state index is -0.400. The average Bonchev–Trinajstić information content (AvgIpc) is 3.13. The summed E-state index contributed by atoms with van der Waals surface area (Å²) in [4.78, 5) is 29.3. The molecule has 0 saturated carbocycles. The van der Waals surface area contributed by atoms with E-state index >= 15 is 0 Å². The van der Waals surface area contributed by atoms with E-state index in [0.717, 1.165) is 21.3 Å². The Morgan fingerprint density at radius 1 is 1.27 bits per heavy atom. The third kappa shape index (κ3) is 3.45. The van der Waals surface area contributed by atoms with Crippen LogP contribution in [0.15, 0.2) is 29.4 Å². The molecule has 7 nitrogen and oxygen atoms in total. The Hall–Kier alpha value is -2.74.